The number of anilines is 2. The predicted octanol–water partition coefficient (Wildman–Crippen LogP) is 6.23. The highest BCUT2D eigenvalue weighted by Gasteiger charge is 2.19. The first-order valence-electron chi connectivity index (χ1n) is 8.72. The van der Waals surface area contributed by atoms with E-state index < -0.39 is 15.9 Å². The van der Waals surface area contributed by atoms with Gasteiger partial charge in [-0.3, -0.25) is 14.8 Å². The van der Waals surface area contributed by atoms with Crippen LogP contribution in [0, 0.1) is 0 Å². The number of hydrogen-bond donors (Lipinski definition) is 2. The van der Waals surface area contributed by atoms with E-state index >= 15 is 0 Å². The van der Waals surface area contributed by atoms with Gasteiger partial charge in [0.25, 0.3) is 15.9 Å². The number of amides is 1. The van der Waals surface area contributed by atoms with Gasteiger partial charge in [0.05, 0.1) is 26.2 Å². The summed E-state index contributed by atoms with van der Waals surface area (Å²) in [6, 6.07) is 16.0. The third-order valence-electron chi connectivity index (χ3n) is 4.13. The molecule has 11 heteroatoms. The summed E-state index contributed by atoms with van der Waals surface area (Å²) in [5, 5.41) is 4.80. The SMILES string of the molecule is O=C(Nc1nc(-c2cc(Cl)sc2Cl)cs1)c1ccccc1NS(=O)(=O)c1ccccc1. The van der Waals surface area contributed by atoms with Crippen molar-refractivity contribution in [2.24, 2.45) is 0 Å². The average Bonchev–Trinajstić information content (AvgIpc) is 3.34. The molecule has 0 fully saturated rings. The van der Waals surface area contributed by atoms with Crippen LogP contribution < -0.4 is 10.0 Å². The highest BCUT2D eigenvalue weighted by atomic mass is 35.5. The maximum atomic E-state index is 12.8. The van der Waals surface area contributed by atoms with Crippen LogP contribution >= 0.6 is 45.9 Å². The molecule has 0 atom stereocenters. The normalized spacial score (nSPS) is 11.3. The molecule has 0 spiro atoms. The number of thiophene rings is 1. The standard InChI is InChI=1S/C20H13Cl2N3O3S3/c21-17-10-14(18(22)30-17)16-11-29-20(23-16)24-19(26)13-8-4-5-9-15(13)25-31(27,28)12-6-2-1-3-7-12/h1-11,25H,(H,23,24,26). The van der Waals surface area contributed by atoms with Gasteiger partial charge in [0.15, 0.2) is 5.13 Å². The van der Waals surface area contributed by atoms with Gasteiger partial charge in [-0.2, -0.15) is 0 Å². The highest BCUT2D eigenvalue weighted by Crippen LogP contribution is 2.39. The summed E-state index contributed by atoms with van der Waals surface area (Å²) in [6.07, 6.45) is 0. The monoisotopic (exact) mass is 509 g/mol. The van der Waals surface area contributed by atoms with Crippen LogP contribution in [0.25, 0.3) is 11.3 Å². The van der Waals surface area contributed by atoms with Gasteiger partial charge in [-0.25, -0.2) is 13.4 Å². The van der Waals surface area contributed by atoms with Crippen LogP contribution in [0.2, 0.25) is 8.67 Å². The van der Waals surface area contributed by atoms with Gasteiger partial charge < -0.3 is 0 Å². The van der Waals surface area contributed by atoms with E-state index in [9.17, 15) is 13.2 Å². The van der Waals surface area contributed by atoms with Gasteiger partial charge in [-0.05, 0) is 30.3 Å². The lowest BCUT2D eigenvalue weighted by Crippen LogP contribution is -2.18. The van der Waals surface area contributed by atoms with Crippen LogP contribution in [0.5, 0.6) is 0 Å². The first-order valence-corrected chi connectivity index (χ1v) is 12.7. The molecule has 158 valence electrons. The minimum atomic E-state index is -3.85. The maximum Gasteiger partial charge on any atom is 0.261 e. The number of carbonyl (C=O) groups is 1. The van der Waals surface area contributed by atoms with Crippen LogP contribution in [0.15, 0.2) is 70.9 Å². The molecule has 0 aliphatic heterocycles. The number of carbonyl (C=O) groups excluding carboxylic acids is 1. The van der Waals surface area contributed by atoms with Crippen molar-refractivity contribution < 1.29 is 13.2 Å². The molecule has 2 aromatic heterocycles. The summed E-state index contributed by atoms with van der Waals surface area (Å²) in [5.41, 5.74) is 1.60. The van der Waals surface area contributed by atoms with Crippen LogP contribution in [0.4, 0.5) is 10.8 Å². The fraction of sp³-hybridized carbons (Fsp3) is 0. The van der Waals surface area contributed by atoms with E-state index in [1.165, 1.54) is 46.9 Å². The Bertz CT molecular complexity index is 1350. The Balaban J connectivity index is 1.56. The first kappa shape index (κ1) is 21.8. The topological polar surface area (TPSA) is 88.2 Å². The number of sulfonamides is 1. The molecule has 0 aliphatic rings. The zero-order valence-electron chi connectivity index (χ0n) is 15.5. The Morgan fingerprint density at radius 1 is 1.00 bits per heavy atom. The number of aromatic nitrogens is 1. The van der Waals surface area contributed by atoms with Gasteiger partial charge in [0.1, 0.15) is 4.34 Å². The Morgan fingerprint density at radius 3 is 2.42 bits per heavy atom. The number of benzene rings is 2. The summed E-state index contributed by atoms with van der Waals surface area (Å²) in [7, 11) is -3.85. The second kappa shape index (κ2) is 8.97. The number of halogens is 2. The van der Waals surface area contributed by atoms with Crippen LogP contribution in [0.1, 0.15) is 10.4 Å². The molecule has 0 saturated carbocycles. The lowest BCUT2D eigenvalue weighted by molar-refractivity contribution is 0.102. The fourth-order valence-electron chi connectivity index (χ4n) is 2.71. The minimum Gasteiger partial charge on any atom is -0.298 e. The molecule has 4 aromatic rings. The zero-order chi connectivity index (χ0) is 22.0. The van der Waals surface area contributed by atoms with Gasteiger partial charge in [-0.15, -0.1) is 22.7 Å². The van der Waals surface area contributed by atoms with Crippen LogP contribution in [0.3, 0.4) is 0 Å². The summed E-state index contributed by atoms with van der Waals surface area (Å²) in [6.45, 7) is 0. The molecule has 2 heterocycles. The van der Waals surface area contributed by atoms with E-state index in [4.69, 9.17) is 23.2 Å². The van der Waals surface area contributed by atoms with Crippen molar-refractivity contribution in [1.82, 2.24) is 4.98 Å². The number of hydrogen-bond acceptors (Lipinski definition) is 6. The van der Waals surface area contributed by atoms with E-state index in [0.29, 0.717) is 25.1 Å². The van der Waals surface area contributed by atoms with Gasteiger partial charge in [0, 0.05) is 10.9 Å². The van der Waals surface area contributed by atoms with E-state index in [0.717, 1.165) is 0 Å². The second-order valence-corrected chi connectivity index (χ2v) is 11.0. The third kappa shape index (κ3) is 4.91. The molecule has 2 N–H and O–H groups in total. The Morgan fingerprint density at radius 2 is 1.71 bits per heavy atom. The average molecular weight is 510 g/mol. The van der Waals surface area contributed by atoms with Crippen molar-refractivity contribution in [1.29, 1.82) is 0 Å². The molecule has 0 unspecified atom stereocenters. The minimum absolute atomic E-state index is 0.0982. The third-order valence-corrected chi connectivity index (χ3v) is 7.75. The molecule has 31 heavy (non-hydrogen) atoms. The van der Waals surface area contributed by atoms with Crippen LogP contribution in [-0.4, -0.2) is 19.3 Å². The van der Waals surface area contributed by atoms with Crippen molar-refractivity contribution in [3.05, 3.63) is 80.3 Å². The Hall–Kier alpha value is -2.43. The number of thiazole rings is 1. The molecule has 0 bridgehead atoms. The lowest BCUT2D eigenvalue weighted by Gasteiger charge is -2.12. The van der Waals surface area contributed by atoms with E-state index in [2.05, 4.69) is 15.0 Å². The predicted molar refractivity (Wildman–Crippen MR) is 127 cm³/mol. The Labute approximate surface area is 196 Å². The van der Waals surface area contributed by atoms with Gasteiger partial charge >= 0.3 is 0 Å². The van der Waals surface area contributed by atoms with Crippen molar-refractivity contribution >= 4 is 72.6 Å². The van der Waals surface area contributed by atoms with Crippen molar-refractivity contribution in [2.75, 3.05) is 10.0 Å². The summed E-state index contributed by atoms with van der Waals surface area (Å²) >= 11 is 14.6. The largest absolute Gasteiger partial charge is 0.298 e. The number of nitrogens with zero attached hydrogens (tertiary/aromatic N) is 1. The molecule has 2 aromatic carbocycles. The number of nitrogens with one attached hydrogen (secondary N) is 2. The molecular formula is C20H13Cl2N3O3S3. The quantitative estimate of drug-likeness (QED) is 0.322. The Kier molecular flexibility index (Phi) is 6.31. The summed E-state index contributed by atoms with van der Waals surface area (Å²) in [5.74, 6) is -0.498. The van der Waals surface area contributed by atoms with Crippen molar-refractivity contribution in [3.8, 4) is 11.3 Å². The van der Waals surface area contributed by atoms with Crippen molar-refractivity contribution in [3.63, 3.8) is 0 Å². The highest BCUT2D eigenvalue weighted by molar-refractivity contribution is 7.92. The fourth-order valence-corrected chi connectivity index (χ4v) is 6.00. The molecule has 0 saturated heterocycles. The van der Waals surface area contributed by atoms with E-state index in [1.807, 2.05) is 0 Å². The zero-order valence-corrected chi connectivity index (χ0v) is 19.5. The van der Waals surface area contributed by atoms with Crippen molar-refractivity contribution in [2.45, 2.75) is 4.90 Å². The molecule has 4 rings (SSSR count). The second-order valence-electron chi connectivity index (χ2n) is 6.19. The molecule has 1 amide bonds. The van der Waals surface area contributed by atoms with E-state index in [1.54, 1.807) is 41.8 Å². The summed E-state index contributed by atoms with van der Waals surface area (Å²) < 4.78 is 28.8. The molecular weight excluding hydrogens is 497 g/mol. The van der Waals surface area contributed by atoms with Gasteiger partial charge in [0.2, 0.25) is 0 Å². The molecule has 0 aliphatic carbocycles. The first-order chi connectivity index (χ1) is 14.8. The number of rotatable bonds is 6. The number of para-hydroxylation sites is 1. The van der Waals surface area contributed by atoms with Crippen LogP contribution in [-0.2, 0) is 10.0 Å². The molecule has 6 nitrogen and oxygen atoms in total. The lowest BCUT2D eigenvalue weighted by atomic mass is 10.2. The maximum absolute atomic E-state index is 12.8. The smallest absolute Gasteiger partial charge is 0.261 e. The van der Waals surface area contributed by atoms with E-state index in [-0.39, 0.29) is 16.1 Å². The summed E-state index contributed by atoms with van der Waals surface area (Å²) in [4.78, 5) is 17.3. The molecule has 0 radical (unpaired) electrons. The van der Waals surface area contributed by atoms with Gasteiger partial charge in [-0.1, -0.05) is 53.5 Å².